The van der Waals surface area contributed by atoms with Gasteiger partial charge in [-0.05, 0) is 6.92 Å². The lowest BCUT2D eigenvalue weighted by Crippen LogP contribution is -1.99. The number of carbonyl (C=O) groups is 1. The monoisotopic (exact) mass is 274 g/mol. The Morgan fingerprint density at radius 2 is 0.905 bits per heavy atom. The van der Waals surface area contributed by atoms with Gasteiger partial charge in [-0.25, -0.2) is 0 Å². The van der Waals surface area contributed by atoms with Crippen molar-refractivity contribution in [3.8, 4) is 0 Å². The molecule has 0 saturated carbocycles. The maximum absolute atomic E-state index is 11.8. The van der Waals surface area contributed by atoms with Gasteiger partial charge >= 0.3 is 0 Å². The van der Waals surface area contributed by atoms with E-state index < -0.39 is 0 Å². The van der Waals surface area contributed by atoms with Crippen molar-refractivity contribution in [3.05, 3.63) is 108 Å². The van der Waals surface area contributed by atoms with Crippen LogP contribution in [0.4, 0.5) is 0 Å². The minimum Gasteiger partial charge on any atom is -0.289 e. The lowest BCUT2D eigenvalue weighted by molar-refractivity contribution is 0.103. The first-order valence-corrected chi connectivity index (χ1v) is 6.94. The second-order valence-electron chi connectivity index (χ2n) is 4.72. The fourth-order valence-corrected chi connectivity index (χ4v) is 1.88. The molecular formula is C20H18O. The van der Waals surface area contributed by atoms with Gasteiger partial charge in [0.05, 0.1) is 0 Å². The van der Waals surface area contributed by atoms with Gasteiger partial charge in [0.15, 0.2) is 5.78 Å². The molecule has 3 rings (SSSR count). The van der Waals surface area contributed by atoms with Gasteiger partial charge in [0, 0.05) is 11.1 Å². The molecule has 0 saturated heterocycles. The quantitative estimate of drug-likeness (QED) is 0.607. The zero-order valence-corrected chi connectivity index (χ0v) is 12.1. The fourth-order valence-electron chi connectivity index (χ4n) is 1.88. The van der Waals surface area contributed by atoms with Crippen LogP contribution in [0, 0.1) is 6.92 Å². The first-order valence-electron chi connectivity index (χ1n) is 6.94. The maximum Gasteiger partial charge on any atom is 0.193 e. The molecule has 0 aromatic heterocycles. The average molecular weight is 274 g/mol. The van der Waals surface area contributed by atoms with Crippen LogP contribution < -0.4 is 0 Å². The van der Waals surface area contributed by atoms with E-state index in [9.17, 15) is 4.79 Å². The number of hydrogen-bond acceptors (Lipinski definition) is 1. The number of rotatable bonds is 2. The van der Waals surface area contributed by atoms with E-state index in [4.69, 9.17) is 0 Å². The molecule has 0 bridgehead atoms. The van der Waals surface area contributed by atoms with Crippen LogP contribution in [-0.2, 0) is 0 Å². The molecule has 0 heterocycles. The van der Waals surface area contributed by atoms with Crippen molar-refractivity contribution in [2.45, 2.75) is 6.92 Å². The van der Waals surface area contributed by atoms with Gasteiger partial charge in [-0.2, -0.15) is 0 Å². The lowest BCUT2D eigenvalue weighted by atomic mass is 10.0. The van der Waals surface area contributed by atoms with Gasteiger partial charge in [0.1, 0.15) is 0 Å². The molecule has 21 heavy (non-hydrogen) atoms. The predicted molar refractivity (Wildman–Crippen MR) is 87.5 cm³/mol. The summed E-state index contributed by atoms with van der Waals surface area (Å²) in [4.78, 5) is 11.8. The molecule has 0 fully saturated rings. The van der Waals surface area contributed by atoms with E-state index in [2.05, 4.69) is 19.1 Å². The summed E-state index contributed by atoms with van der Waals surface area (Å²) in [7, 11) is 0. The Bertz CT molecular complexity index is 616. The van der Waals surface area contributed by atoms with Gasteiger partial charge in [0.25, 0.3) is 0 Å². The van der Waals surface area contributed by atoms with Gasteiger partial charge in [-0.1, -0.05) is 96.6 Å². The van der Waals surface area contributed by atoms with Crippen LogP contribution in [0.25, 0.3) is 0 Å². The van der Waals surface area contributed by atoms with E-state index in [1.807, 2.05) is 78.9 Å². The second kappa shape index (κ2) is 7.81. The number of benzene rings is 3. The Kier molecular flexibility index (Phi) is 5.48. The van der Waals surface area contributed by atoms with E-state index in [1.165, 1.54) is 5.56 Å². The highest BCUT2D eigenvalue weighted by Gasteiger charge is 2.06. The van der Waals surface area contributed by atoms with Crippen LogP contribution >= 0.6 is 0 Å². The van der Waals surface area contributed by atoms with E-state index in [0.717, 1.165) is 11.1 Å². The van der Waals surface area contributed by atoms with Crippen LogP contribution in [-0.4, -0.2) is 5.78 Å². The molecule has 0 radical (unpaired) electrons. The molecule has 0 unspecified atom stereocenters. The largest absolute Gasteiger partial charge is 0.289 e. The van der Waals surface area contributed by atoms with Crippen LogP contribution in [0.1, 0.15) is 21.5 Å². The Morgan fingerprint density at radius 3 is 1.19 bits per heavy atom. The summed E-state index contributed by atoms with van der Waals surface area (Å²) < 4.78 is 0. The third-order valence-electron chi connectivity index (χ3n) is 3.01. The Balaban J connectivity index is 0.000000194. The normalized spacial score (nSPS) is 9.38. The standard InChI is InChI=1S/C13H10O.C7H8/c14-13(11-7-3-1-4-8-11)12-9-5-2-6-10-12;1-7-5-3-2-4-6-7/h1-10H;2-6H,1H3. The van der Waals surface area contributed by atoms with Crippen LogP contribution in [0.2, 0.25) is 0 Å². The topological polar surface area (TPSA) is 17.1 Å². The number of carbonyl (C=O) groups excluding carboxylic acids is 1. The molecule has 0 spiro atoms. The maximum atomic E-state index is 11.8. The minimum atomic E-state index is 0.0752. The molecule has 0 aliphatic carbocycles. The minimum absolute atomic E-state index is 0.0752. The van der Waals surface area contributed by atoms with Crippen molar-refractivity contribution in [2.75, 3.05) is 0 Å². The Labute approximate surface area is 125 Å². The molecule has 0 N–H and O–H groups in total. The van der Waals surface area contributed by atoms with Crippen molar-refractivity contribution in [3.63, 3.8) is 0 Å². The van der Waals surface area contributed by atoms with Crippen molar-refractivity contribution in [1.29, 1.82) is 0 Å². The summed E-state index contributed by atoms with van der Waals surface area (Å²) in [5.41, 5.74) is 2.79. The molecule has 0 aliphatic heterocycles. The molecule has 0 amide bonds. The van der Waals surface area contributed by atoms with E-state index in [0.29, 0.717) is 0 Å². The van der Waals surface area contributed by atoms with Crippen LogP contribution in [0.3, 0.4) is 0 Å². The van der Waals surface area contributed by atoms with Crippen molar-refractivity contribution in [1.82, 2.24) is 0 Å². The molecule has 104 valence electrons. The SMILES string of the molecule is Cc1ccccc1.O=C(c1ccccc1)c1ccccc1. The Morgan fingerprint density at radius 1 is 0.571 bits per heavy atom. The smallest absolute Gasteiger partial charge is 0.193 e. The fraction of sp³-hybridized carbons (Fsp3) is 0.0500. The zero-order chi connectivity index (χ0) is 14.9. The van der Waals surface area contributed by atoms with Gasteiger partial charge in [-0.3, -0.25) is 4.79 Å². The Hall–Kier alpha value is -2.67. The number of hydrogen-bond donors (Lipinski definition) is 0. The molecule has 3 aromatic carbocycles. The summed E-state index contributed by atoms with van der Waals surface area (Å²) in [6, 6.07) is 28.9. The highest BCUT2D eigenvalue weighted by molar-refractivity contribution is 6.08. The molecular weight excluding hydrogens is 256 g/mol. The van der Waals surface area contributed by atoms with E-state index in [1.54, 1.807) is 0 Å². The third-order valence-corrected chi connectivity index (χ3v) is 3.01. The predicted octanol–water partition coefficient (Wildman–Crippen LogP) is 4.91. The van der Waals surface area contributed by atoms with Crippen molar-refractivity contribution in [2.24, 2.45) is 0 Å². The number of ketones is 1. The van der Waals surface area contributed by atoms with Gasteiger partial charge < -0.3 is 0 Å². The molecule has 1 nitrogen and oxygen atoms in total. The third kappa shape index (κ3) is 4.73. The van der Waals surface area contributed by atoms with E-state index in [-0.39, 0.29) is 5.78 Å². The molecule has 0 atom stereocenters. The average Bonchev–Trinajstić information content (AvgIpc) is 2.57. The molecule has 1 heteroatoms. The second-order valence-corrected chi connectivity index (χ2v) is 4.72. The zero-order valence-electron chi connectivity index (χ0n) is 12.1. The highest BCUT2D eigenvalue weighted by atomic mass is 16.1. The summed E-state index contributed by atoms with van der Waals surface area (Å²) >= 11 is 0. The highest BCUT2D eigenvalue weighted by Crippen LogP contribution is 2.08. The van der Waals surface area contributed by atoms with Crippen LogP contribution in [0.15, 0.2) is 91.0 Å². The first kappa shape index (κ1) is 14.7. The summed E-state index contributed by atoms with van der Waals surface area (Å²) in [6.07, 6.45) is 0. The summed E-state index contributed by atoms with van der Waals surface area (Å²) in [5, 5.41) is 0. The lowest BCUT2D eigenvalue weighted by Gasteiger charge is -1.99. The summed E-state index contributed by atoms with van der Waals surface area (Å²) in [5.74, 6) is 0.0752. The van der Waals surface area contributed by atoms with Gasteiger partial charge in [-0.15, -0.1) is 0 Å². The first-order chi connectivity index (χ1) is 10.3. The summed E-state index contributed by atoms with van der Waals surface area (Å²) in [6.45, 7) is 2.08. The number of aryl methyl sites for hydroxylation is 1. The van der Waals surface area contributed by atoms with Gasteiger partial charge in [0.2, 0.25) is 0 Å². The van der Waals surface area contributed by atoms with Crippen molar-refractivity contribution < 1.29 is 4.79 Å². The molecule has 3 aromatic rings. The van der Waals surface area contributed by atoms with Crippen LogP contribution in [0.5, 0.6) is 0 Å². The molecule has 0 aliphatic rings. The van der Waals surface area contributed by atoms with Crippen molar-refractivity contribution >= 4 is 5.78 Å². The van der Waals surface area contributed by atoms with E-state index >= 15 is 0 Å².